The van der Waals surface area contributed by atoms with Crippen LogP contribution in [0.25, 0.3) is 57.1 Å². The van der Waals surface area contributed by atoms with E-state index in [2.05, 4.69) is 67.8 Å². The van der Waals surface area contributed by atoms with Crippen LogP contribution in [0.4, 0.5) is 0 Å². The maximum atomic E-state index is 4.24. The molecule has 5 rings (SSSR count). The van der Waals surface area contributed by atoms with E-state index < -0.39 is 0 Å². The molecular formula is C22H14. The highest BCUT2D eigenvalue weighted by molar-refractivity contribution is 6.28. The molecule has 0 atom stereocenters. The van der Waals surface area contributed by atoms with E-state index in [0.717, 1.165) is 5.22 Å². The Bertz CT molecular complexity index is 1180. The monoisotopic (exact) mass is 278 g/mol. The maximum Gasteiger partial charge on any atom is -0.00143 e. The molecule has 0 fully saturated rings. The summed E-state index contributed by atoms with van der Waals surface area (Å²) in [6.45, 7) is 8.30. The number of fused-ring (bicyclic) bond motifs is 2. The zero-order chi connectivity index (χ0) is 14.8. The molecular weight excluding hydrogens is 264 g/mol. The Morgan fingerprint density at radius 1 is 0.682 bits per heavy atom. The Labute approximate surface area is 128 Å². The first-order chi connectivity index (χ1) is 10.8. The molecule has 4 aromatic rings. The van der Waals surface area contributed by atoms with E-state index in [-0.39, 0.29) is 0 Å². The standard InChI is InChI=1S/C22H14/c1-3-16-18-11-9-14-7-8-15-10-12-19(22(18)21(14)15)17-6-4-5-13(2)20(16)17/h3-12H,1-2H2. The minimum Gasteiger partial charge on any atom is -0.0984 e. The molecule has 4 aromatic carbocycles. The van der Waals surface area contributed by atoms with Crippen LogP contribution in [0.5, 0.6) is 0 Å². The molecule has 0 heterocycles. The van der Waals surface area contributed by atoms with Gasteiger partial charge in [-0.3, -0.25) is 0 Å². The molecule has 0 bridgehead atoms. The third kappa shape index (κ3) is 1.23. The van der Waals surface area contributed by atoms with Gasteiger partial charge in [0.1, 0.15) is 0 Å². The molecule has 0 spiro atoms. The number of hydrogen-bond acceptors (Lipinski definition) is 0. The van der Waals surface area contributed by atoms with Crippen LogP contribution in [-0.4, -0.2) is 0 Å². The molecule has 0 saturated heterocycles. The highest BCUT2D eigenvalue weighted by Crippen LogP contribution is 2.41. The highest BCUT2D eigenvalue weighted by atomic mass is 14.2. The van der Waals surface area contributed by atoms with Gasteiger partial charge in [-0.15, -0.1) is 0 Å². The zero-order valence-electron chi connectivity index (χ0n) is 12.2. The van der Waals surface area contributed by atoms with Crippen molar-refractivity contribution < 1.29 is 0 Å². The van der Waals surface area contributed by atoms with Crippen LogP contribution in [0.1, 0.15) is 16.7 Å². The van der Waals surface area contributed by atoms with Crippen molar-refractivity contribution in [1.82, 2.24) is 0 Å². The summed E-state index contributed by atoms with van der Waals surface area (Å²) in [5.41, 5.74) is 3.82. The zero-order valence-corrected chi connectivity index (χ0v) is 12.2. The molecule has 1 aliphatic rings. The van der Waals surface area contributed by atoms with Gasteiger partial charge in [0.2, 0.25) is 0 Å². The third-order valence-corrected chi connectivity index (χ3v) is 4.87. The SMILES string of the molecule is C=Cc1c2ccc3c4c(ccc(c5cccc(=C)c15)c24)C=C3. The van der Waals surface area contributed by atoms with Gasteiger partial charge in [-0.05, 0) is 54.2 Å². The van der Waals surface area contributed by atoms with Crippen molar-refractivity contribution in [3.05, 3.63) is 71.0 Å². The summed E-state index contributed by atoms with van der Waals surface area (Å²) in [5, 5.41) is 8.86. The fourth-order valence-electron chi connectivity index (χ4n) is 3.94. The highest BCUT2D eigenvalue weighted by Gasteiger charge is 2.17. The summed E-state index contributed by atoms with van der Waals surface area (Å²) in [5.74, 6) is 0. The smallest absolute Gasteiger partial charge is 0.00143 e. The second kappa shape index (κ2) is 3.86. The van der Waals surface area contributed by atoms with Crippen molar-refractivity contribution in [1.29, 1.82) is 0 Å². The predicted octanol–water partition coefficient (Wildman–Crippen LogP) is 5.40. The van der Waals surface area contributed by atoms with E-state index in [1.807, 2.05) is 6.08 Å². The summed E-state index contributed by atoms with van der Waals surface area (Å²) in [7, 11) is 0. The molecule has 0 aliphatic heterocycles. The summed E-state index contributed by atoms with van der Waals surface area (Å²) >= 11 is 0. The van der Waals surface area contributed by atoms with Crippen LogP contribution >= 0.6 is 0 Å². The van der Waals surface area contributed by atoms with Crippen LogP contribution in [-0.2, 0) is 0 Å². The fraction of sp³-hybridized carbons (Fsp3) is 0. The van der Waals surface area contributed by atoms with Crippen molar-refractivity contribution in [2.24, 2.45) is 0 Å². The van der Waals surface area contributed by atoms with E-state index in [9.17, 15) is 0 Å². The van der Waals surface area contributed by atoms with Gasteiger partial charge in [-0.2, -0.15) is 0 Å². The average molecular weight is 278 g/mol. The average Bonchev–Trinajstić information content (AvgIpc) is 2.97. The first-order valence-electron chi connectivity index (χ1n) is 7.53. The van der Waals surface area contributed by atoms with Crippen LogP contribution in [0.3, 0.4) is 0 Å². The summed E-state index contributed by atoms with van der Waals surface area (Å²) in [6, 6.07) is 15.3. The van der Waals surface area contributed by atoms with Crippen molar-refractivity contribution in [2.45, 2.75) is 0 Å². The van der Waals surface area contributed by atoms with Crippen molar-refractivity contribution in [3.8, 4) is 0 Å². The van der Waals surface area contributed by atoms with E-state index in [4.69, 9.17) is 0 Å². The topological polar surface area (TPSA) is 0 Å². The van der Waals surface area contributed by atoms with Gasteiger partial charge in [-0.1, -0.05) is 73.9 Å². The molecule has 0 heteroatoms. The number of hydrogen-bond donors (Lipinski definition) is 0. The third-order valence-electron chi connectivity index (χ3n) is 4.87. The molecule has 0 amide bonds. The lowest BCUT2D eigenvalue weighted by molar-refractivity contribution is 1.70. The number of benzene rings is 4. The summed E-state index contributed by atoms with van der Waals surface area (Å²) < 4.78 is 0. The molecule has 102 valence electrons. The van der Waals surface area contributed by atoms with Gasteiger partial charge in [0.15, 0.2) is 0 Å². The van der Waals surface area contributed by atoms with Gasteiger partial charge in [0.05, 0.1) is 0 Å². The molecule has 0 N–H and O–H groups in total. The lowest BCUT2D eigenvalue weighted by Gasteiger charge is -2.15. The first kappa shape index (κ1) is 11.8. The van der Waals surface area contributed by atoms with Crippen LogP contribution in [0.2, 0.25) is 0 Å². The molecule has 0 aromatic heterocycles. The Balaban J connectivity index is 2.26. The second-order valence-electron chi connectivity index (χ2n) is 5.95. The largest absolute Gasteiger partial charge is 0.0984 e. The lowest BCUT2D eigenvalue weighted by Crippen LogP contribution is -2.01. The summed E-state index contributed by atoms with van der Waals surface area (Å²) in [6.07, 6.45) is 6.39. The predicted molar refractivity (Wildman–Crippen MR) is 98.7 cm³/mol. The molecule has 0 unspecified atom stereocenters. The summed E-state index contributed by atoms with van der Waals surface area (Å²) in [4.78, 5) is 0. The molecule has 0 nitrogen and oxygen atoms in total. The van der Waals surface area contributed by atoms with E-state index in [0.29, 0.717) is 0 Å². The van der Waals surface area contributed by atoms with Crippen molar-refractivity contribution in [3.63, 3.8) is 0 Å². The van der Waals surface area contributed by atoms with Crippen molar-refractivity contribution in [2.75, 3.05) is 0 Å². The van der Waals surface area contributed by atoms with Crippen LogP contribution in [0, 0.1) is 0 Å². The first-order valence-corrected chi connectivity index (χ1v) is 7.53. The van der Waals surface area contributed by atoms with Gasteiger partial charge in [-0.25, -0.2) is 0 Å². The second-order valence-corrected chi connectivity index (χ2v) is 5.95. The maximum absolute atomic E-state index is 4.24. The Kier molecular flexibility index (Phi) is 2.07. The van der Waals surface area contributed by atoms with Gasteiger partial charge < -0.3 is 0 Å². The van der Waals surface area contributed by atoms with Gasteiger partial charge in [0.25, 0.3) is 0 Å². The normalized spacial score (nSPS) is 12.7. The minimum atomic E-state index is 1.06. The Morgan fingerprint density at radius 2 is 1.36 bits per heavy atom. The van der Waals surface area contributed by atoms with E-state index >= 15 is 0 Å². The quantitative estimate of drug-likeness (QED) is 0.284. The van der Waals surface area contributed by atoms with Gasteiger partial charge in [0, 0.05) is 0 Å². The fourth-order valence-corrected chi connectivity index (χ4v) is 3.94. The minimum absolute atomic E-state index is 1.06. The Morgan fingerprint density at radius 3 is 2.09 bits per heavy atom. The van der Waals surface area contributed by atoms with Crippen molar-refractivity contribution >= 4 is 57.1 Å². The Hall–Kier alpha value is -2.86. The van der Waals surface area contributed by atoms with Crippen LogP contribution in [0.15, 0.2) is 49.0 Å². The molecule has 22 heavy (non-hydrogen) atoms. The molecule has 0 saturated carbocycles. The molecule has 1 aliphatic carbocycles. The van der Waals surface area contributed by atoms with E-state index in [1.165, 1.54) is 49.0 Å². The van der Waals surface area contributed by atoms with Crippen LogP contribution < -0.4 is 5.22 Å². The van der Waals surface area contributed by atoms with E-state index in [1.54, 1.807) is 0 Å². The van der Waals surface area contributed by atoms with Gasteiger partial charge >= 0.3 is 0 Å². The number of rotatable bonds is 1. The lowest BCUT2D eigenvalue weighted by atomic mass is 9.88. The molecule has 0 radical (unpaired) electrons.